The Hall–Kier alpha value is -3.09. The molecule has 1 amide bonds. The van der Waals surface area contributed by atoms with Crippen LogP contribution in [0.4, 0.5) is 19.0 Å². The van der Waals surface area contributed by atoms with E-state index in [-0.39, 0.29) is 11.4 Å². The van der Waals surface area contributed by atoms with Crippen LogP contribution in [0.1, 0.15) is 35.1 Å². The van der Waals surface area contributed by atoms with Gasteiger partial charge in [0.15, 0.2) is 0 Å². The molecular formula is C20H16F3N3O. The number of anilines is 1. The molecule has 2 aromatic carbocycles. The zero-order valence-electron chi connectivity index (χ0n) is 14.1. The molecule has 27 heavy (non-hydrogen) atoms. The molecule has 1 aliphatic heterocycles. The number of alkyl halides is 3. The van der Waals surface area contributed by atoms with E-state index in [0.717, 1.165) is 11.1 Å². The normalized spacial score (nSPS) is 16.9. The molecule has 1 N–H and O–H groups in total. The molecule has 1 aromatic heterocycles. The molecular weight excluding hydrogens is 355 g/mol. The van der Waals surface area contributed by atoms with Gasteiger partial charge in [-0.1, -0.05) is 60.7 Å². The van der Waals surface area contributed by atoms with Crippen LogP contribution in [0.25, 0.3) is 0 Å². The van der Waals surface area contributed by atoms with Crippen molar-refractivity contribution < 1.29 is 18.0 Å². The van der Waals surface area contributed by atoms with E-state index in [1.807, 2.05) is 60.7 Å². The highest BCUT2D eigenvalue weighted by atomic mass is 19.4. The predicted octanol–water partition coefficient (Wildman–Crippen LogP) is 4.51. The number of carbonyl (C=O) groups excluding carboxylic acids is 1. The zero-order chi connectivity index (χ0) is 19.0. The number of hydrogen-bond donors (Lipinski definition) is 1. The van der Waals surface area contributed by atoms with Crippen molar-refractivity contribution in [2.24, 2.45) is 0 Å². The van der Waals surface area contributed by atoms with Crippen LogP contribution >= 0.6 is 0 Å². The van der Waals surface area contributed by atoms with Crippen molar-refractivity contribution in [2.75, 3.05) is 5.32 Å². The Morgan fingerprint density at radius 1 is 1.00 bits per heavy atom. The third-order valence-corrected chi connectivity index (χ3v) is 4.72. The molecule has 3 aromatic rings. The standard InChI is InChI=1S/C20H16F3N3O/c21-20(22,23)16-11-17(27)25-19-15(16)12-24-26(19)18(13-7-3-1-4-8-13)14-9-5-2-6-10-14/h1-10,12,16,18H,11H2,(H,25,27). The molecule has 2 heterocycles. The van der Waals surface area contributed by atoms with Crippen molar-refractivity contribution in [2.45, 2.75) is 24.6 Å². The van der Waals surface area contributed by atoms with Crippen LogP contribution in [0, 0.1) is 0 Å². The SMILES string of the molecule is O=C1CC(C(F)(F)F)c2cnn(C(c3ccccc3)c3ccccc3)c2N1. The summed E-state index contributed by atoms with van der Waals surface area (Å²) in [6, 6.07) is 18.3. The number of fused-ring (bicyclic) bond motifs is 1. The Morgan fingerprint density at radius 3 is 2.07 bits per heavy atom. The predicted molar refractivity (Wildman–Crippen MR) is 94.4 cm³/mol. The van der Waals surface area contributed by atoms with Gasteiger partial charge in [-0.15, -0.1) is 0 Å². The van der Waals surface area contributed by atoms with Gasteiger partial charge >= 0.3 is 6.18 Å². The number of rotatable bonds is 3. The Labute approximate surface area is 153 Å². The molecule has 0 saturated carbocycles. The number of carbonyl (C=O) groups is 1. The Morgan fingerprint density at radius 2 is 1.56 bits per heavy atom. The molecule has 0 fully saturated rings. The van der Waals surface area contributed by atoms with Crippen LogP contribution in [0.5, 0.6) is 0 Å². The highest BCUT2D eigenvalue weighted by molar-refractivity contribution is 5.94. The summed E-state index contributed by atoms with van der Waals surface area (Å²) in [6.07, 6.45) is -3.91. The molecule has 0 bridgehead atoms. The summed E-state index contributed by atoms with van der Waals surface area (Å²) in [7, 11) is 0. The molecule has 138 valence electrons. The van der Waals surface area contributed by atoms with Crippen molar-refractivity contribution in [3.8, 4) is 0 Å². The minimum atomic E-state index is -4.50. The molecule has 1 atom stereocenters. The molecule has 1 unspecified atom stereocenters. The van der Waals surface area contributed by atoms with Gasteiger partial charge in [0.05, 0.1) is 12.1 Å². The maximum absolute atomic E-state index is 13.4. The highest BCUT2D eigenvalue weighted by Gasteiger charge is 2.47. The first-order valence-electron chi connectivity index (χ1n) is 8.49. The lowest BCUT2D eigenvalue weighted by molar-refractivity contribution is -0.156. The molecule has 1 aliphatic rings. The second kappa shape index (κ2) is 6.57. The third kappa shape index (κ3) is 3.20. The first-order chi connectivity index (χ1) is 12.9. The van der Waals surface area contributed by atoms with Crippen molar-refractivity contribution in [3.05, 3.63) is 83.6 Å². The van der Waals surface area contributed by atoms with Gasteiger partial charge in [0, 0.05) is 12.0 Å². The van der Waals surface area contributed by atoms with Crippen LogP contribution in [-0.4, -0.2) is 21.9 Å². The average Bonchev–Trinajstić information content (AvgIpc) is 3.06. The Balaban J connectivity index is 1.88. The van der Waals surface area contributed by atoms with Gasteiger partial charge in [-0.25, -0.2) is 4.68 Å². The third-order valence-electron chi connectivity index (χ3n) is 4.72. The molecule has 0 radical (unpaired) electrons. The highest BCUT2D eigenvalue weighted by Crippen LogP contribution is 2.44. The lowest BCUT2D eigenvalue weighted by Crippen LogP contribution is -2.32. The smallest absolute Gasteiger partial charge is 0.311 e. The maximum atomic E-state index is 13.4. The van der Waals surface area contributed by atoms with Crippen molar-refractivity contribution in [1.29, 1.82) is 0 Å². The van der Waals surface area contributed by atoms with Gasteiger partial charge in [-0.2, -0.15) is 18.3 Å². The number of amides is 1. The van der Waals surface area contributed by atoms with E-state index in [1.165, 1.54) is 10.9 Å². The van der Waals surface area contributed by atoms with Gasteiger partial charge in [-0.05, 0) is 11.1 Å². The quantitative estimate of drug-likeness (QED) is 0.736. The molecule has 4 rings (SSSR count). The van der Waals surface area contributed by atoms with Crippen LogP contribution in [0.3, 0.4) is 0 Å². The molecule has 0 aliphatic carbocycles. The van der Waals surface area contributed by atoms with E-state index in [9.17, 15) is 18.0 Å². The summed E-state index contributed by atoms with van der Waals surface area (Å²) in [5, 5.41) is 6.84. The first kappa shape index (κ1) is 17.3. The second-order valence-electron chi connectivity index (χ2n) is 6.46. The van der Waals surface area contributed by atoms with E-state index in [4.69, 9.17) is 0 Å². The van der Waals surface area contributed by atoms with E-state index < -0.39 is 30.5 Å². The summed E-state index contributed by atoms with van der Waals surface area (Å²) >= 11 is 0. The van der Waals surface area contributed by atoms with Crippen molar-refractivity contribution in [3.63, 3.8) is 0 Å². The fourth-order valence-corrected chi connectivity index (χ4v) is 3.47. The Kier molecular flexibility index (Phi) is 4.22. The Bertz CT molecular complexity index is 912. The topological polar surface area (TPSA) is 46.9 Å². The van der Waals surface area contributed by atoms with E-state index in [1.54, 1.807) is 0 Å². The molecule has 4 nitrogen and oxygen atoms in total. The monoisotopic (exact) mass is 371 g/mol. The number of nitrogens with zero attached hydrogens (tertiary/aromatic N) is 2. The summed E-state index contributed by atoms with van der Waals surface area (Å²) in [6.45, 7) is 0. The maximum Gasteiger partial charge on any atom is 0.396 e. The van der Waals surface area contributed by atoms with Gasteiger partial charge in [-0.3, -0.25) is 4.79 Å². The van der Waals surface area contributed by atoms with Crippen LogP contribution in [0.15, 0.2) is 66.9 Å². The molecule has 7 heteroatoms. The van der Waals surface area contributed by atoms with Gasteiger partial charge in [0.1, 0.15) is 11.9 Å². The minimum Gasteiger partial charge on any atom is -0.311 e. The van der Waals surface area contributed by atoms with Crippen LogP contribution in [-0.2, 0) is 4.79 Å². The number of hydrogen-bond acceptors (Lipinski definition) is 2. The number of nitrogens with one attached hydrogen (secondary N) is 1. The minimum absolute atomic E-state index is 0.000961. The van der Waals surface area contributed by atoms with Crippen LogP contribution < -0.4 is 5.32 Å². The lowest BCUT2D eigenvalue weighted by atomic mass is 9.93. The zero-order valence-corrected chi connectivity index (χ0v) is 14.1. The summed E-state index contributed by atoms with van der Waals surface area (Å²) < 4.78 is 41.8. The van der Waals surface area contributed by atoms with Crippen molar-refractivity contribution in [1.82, 2.24) is 9.78 Å². The van der Waals surface area contributed by atoms with Gasteiger partial charge in [0.2, 0.25) is 5.91 Å². The fraction of sp³-hybridized carbons (Fsp3) is 0.200. The molecule has 0 spiro atoms. The van der Waals surface area contributed by atoms with E-state index >= 15 is 0 Å². The fourth-order valence-electron chi connectivity index (χ4n) is 3.47. The van der Waals surface area contributed by atoms with Gasteiger partial charge in [0.25, 0.3) is 0 Å². The number of halogens is 3. The number of aromatic nitrogens is 2. The van der Waals surface area contributed by atoms with Crippen LogP contribution in [0.2, 0.25) is 0 Å². The summed E-state index contributed by atoms with van der Waals surface area (Å²) in [5.74, 6) is -2.40. The largest absolute Gasteiger partial charge is 0.396 e. The lowest BCUT2D eigenvalue weighted by Gasteiger charge is -2.27. The first-order valence-corrected chi connectivity index (χ1v) is 8.49. The average molecular weight is 371 g/mol. The van der Waals surface area contributed by atoms with E-state index in [2.05, 4.69) is 10.4 Å². The molecule has 0 saturated heterocycles. The van der Waals surface area contributed by atoms with Gasteiger partial charge < -0.3 is 5.32 Å². The summed E-state index contributed by atoms with van der Waals surface area (Å²) in [5.41, 5.74) is 1.72. The van der Waals surface area contributed by atoms with E-state index in [0.29, 0.717) is 0 Å². The summed E-state index contributed by atoms with van der Waals surface area (Å²) in [4.78, 5) is 12.0. The second-order valence-corrected chi connectivity index (χ2v) is 6.46. The van der Waals surface area contributed by atoms with Crippen molar-refractivity contribution >= 4 is 11.7 Å². The number of benzene rings is 2.